The van der Waals surface area contributed by atoms with E-state index in [-0.39, 0.29) is 11.5 Å². The molecule has 3 rings (SSSR count). The van der Waals surface area contributed by atoms with E-state index >= 15 is 0 Å². The average Bonchev–Trinajstić information content (AvgIpc) is 2.92. The Balaban J connectivity index is 1.36. The molecule has 0 spiro atoms. The highest BCUT2D eigenvalue weighted by atomic mass is 16.4. The summed E-state index contributed by atoms with van der Waals surface area (Å²) in [6, 6.07) is 17.5. The van der Waals surface area contributed by atoms with E-state index < -0.39 is 5.97 Å². The molecule has 0 radical (unpaired) electrons. The summed E-state index contributed by atoms with van der Waals surface area (Å²) in [6.45, 7) is 1.39. The van der Waals surface area contributed by atoms with Gasteiger partial charge in [-0.05, 0) is 54.3 Å². The zero-order valence-electron chi connectivity index (χ0n) is 20.1. The number of amides is 1. The number of nitrogens with one attached hydrogen (secondary N) is 3. The first kappa shape index (κ1) is 26.3. The van der Waals surface area contributed by atoms with Crippen LogP contribution in [0.25, 0.3) is 16.8 Å². The van der Waals surface area contributed by atoms with Crippen LogP contribution in [-0.2, 0) is 0 Å². The van der Waals surface area contributed by atoms with E-state index in [9.17, 15) is 14.7 Å². The highest BCUT2D eigenvalue weighted by Crippen LogP contribution is 2.24. The predicted molar refractivity (Wildman–Crippen MR) is 140 cm³/mol. The van der Waals surface area contributed by atoms with Gasteiger partial charge in [0.25, 0.3) is 5.91 Å². The molecule has 8 heteroatoms. The lowest BCUT2D eigenvalue weighted by molar-refractivity contribution is 0.0696. The quantitative estimate of drug-likeness (QED) is 0.171. The highest BCUT2D eigenvalue weighted by molar-refractivity contribution is 6.01. The minimum atomic E-state index is -0.996. The van der Waals surface area contributed by atoms with Crippen LogP contribution in [0.1, 0.15) is 58.4 Å². The molecule has 0 atom stereocenters. The Kier molecular flexibility index (Phi) is 10.3. The molecule has 1 aromatic heterocycles. The van der Waals surface area contributed by atoms with Gasteiger partial charge in [0.1, 0.15) is 5.70 Å². The smallest absolute Gasteiger partial charge is 0.335 e. The predicted octanol–water partition coefficient (Wildman–Crippen LogP) is 5.75. The van der Waals surface area contributed by atoms with E-state index in [1.165, 1.54) is 6.07 Å². The van der Waals surface area contributed by atoms with E-state index in [1.807, 2.05) is 30.3 Å². The van der Waals surface area contributed by atoms with Crippen LogP contribution in [0, 0.1) is 5.53 Å². The van der Waals surface area contributed by atoms with E-state index in [4.69, 9.17) is 5.53 Å². The van der Waals surface area contributed by atoms with E-state index in [0.29, 0.717) is 28.9 Å². The summed E-state index contributed by atoms with van der Waals surface area (Å²) in [4.78, 5) is 28.1. The Morgan fingerprint density at radius 3 is 2.42 bits per heavy atom. The van der Waals surface area contributed by atoms with Crippen LogP contribution in [0.5, 0.6) is 0 Å². The standard InChI is InChI=1S/C28H31N5O3/c29-33-26(23-12-9-16-30-19-23)20-31-15-6-2-1-3-7-17-32-27(34)25-14-5-4-13-24(25)21-10-8-11-22(18-21)28(35)36/h4-5,8-14,16,18-20,29,31H,1-3,6-7,15,17H2,(H,32,34)(H,35,36)/b26-20-,33-29?. The molecule has 0 bridgehead atoms. The number of hydrogen-bond donors (Lipinski definition) is 4. The fraction of sp³-hybridized carbons (Fsp3) is 0.250. The second-order valence-corrected chi connectivity index (χ2v) is 8.29. The first-order chi connectivity index (χ1) is 17.6. The molecule has 186 valence electrons. The highest BCUT2D eigenvalue weighted by Gasteiger charge is 2.13. The third-order valence-corrected chi connectivity index (χ3v) is 5.69. The number of carbonyl (C=O) groups excluding carboxylic acids is 1. The van der Waals surface area contributed by atoms with Gasteiger partial charge in [0.05, 0.1) is 5.56 Å². The van der Waals surface area contributed by atoms with Crippen molar-refractivity contribution in [3.8, 4) is 11.1 Å². The van der Waals surface area contributed by atoms with Crippen molar-refractivity contribution in [2.24, 2.45) is 5.11 Å². The molecule has 0 aliphatic carbocycles. The zero-order valence-corrected chi connectivity index (χ0v) is 20.1. The lowest BCUT2D eigenvalue weighted by Crippen LogP contribution is -2.25. The molecular formula is C28H31N5O3. The summed E-state index contributed by atoms with van der Waals surface area (Å²) >= 11 is 0. The van der Waals surface area contributed by atoms with Crippen molar-refractivity contribution in [1.29, 1.82) is 5.53 Å². The summed E-state index contributed by atoms with van der Waals surface area (Å²) in [5.41, 5.74) is 10.8. The number of nitrogens with zero attached hydrogens (tertiary/aromatic N) is 2. The molecule has 2 aromatic carbocycles. The average molecular weight is 486 g/mol. The summed E-state index contributed by atoms with van der Waals surface area (Å²) in [5, 5.41) is 19.0. The van der Waals surface area contributed by atoms with Crippen molar-refractivity contribution in [2.45, 2.75) is 32.1 Å². The third kappa shape index (κ3) is 7.87. The van der Waals surface area contributed by atoms with E-state index in [0.717, 1.165) is 44.2 Å². The maximum atomic E-state index is 12.8. The van der Waals surface area contributed by atoms with Gasteiger partial charge in [-0.1, -0.05) is 49.6 Å². The SMILES string of the molecule is N=N/C(=C\NCCCCCCCNC(=O)c1ccccc1-c1cccc(C(=O)O)c1)c1cccnc1. The van der Waals surface area contributed by atoms with Gasteiger partial charge < -0.3 is 15.7 Å². The number of hydrogen-bond acceptors (Lipinski definition) is 6. The molecule has 1 amide bonds. The van der Waals surface area contributed by atoms with Crippen LogP contribution in [-0.4, -0.2) is 35.1 Å². The second kappa shape index (κ2) is 14.2. The van der Waals surface area contributed by atoms with Crippen LogP contribution < -0.4 is 10.6 Å². The van der Waals surface area contributed by atoms with Gasteiger partial charge >= 0.3 is 5.97 Å². The molecule has 4 N–H and O–H groups in total. The van der Waals surface area contributed by atoms with Crippen molar-refractivity contribution >= 4 is 17.6 Å². The molecule has 0 saturated heterocycles. The van der Waals surface area contributed by atoms with Gasteiger partial charge in [-0.2, -0.15) is 5.11 Å². The van der Waals surface area contributed by atoms with Gasteiger partial charge in [0, 0.05) is 42.8 Å². The van der Waals surface area contributed by atoms with Crippen LogP contribution in [0.3, 0.4) is 0 Å². The summed E-state index contributed by atoms with van der Waals surface area (Å²) in [7, 11) is 0. The molecule has 0 unspecified atom stereocenters. The monoisotopic (exact) mass is 485 g/mol. The molecule has 0 aliphatic rings. The summed E-state index contributed by atoms with van der Waals surface area (Å²) in [6.07, 6.45) is 10.2. The number of benzene rings is 2. The van der Waals surface area contributed by atoms with E-state index in [2.05, 4.69) is 20.7 Å². The topological polar surface area (TPSA) is 128 Å². The fourth-order valence-corrected chi connectivity index (χ4v) is 3.80. The summed E-state index contributed by atoms with van der Waals surface area (Å²) in [5.74, 6) is -1.16. The molecule has 0 saturated carbocycles. The summed E-state index contributed by atoms with van der Waals surface area (Å²) < 4.78 is 0. The Hall–Kier alpha value is -4.33. The number of pyridine rings is 1. The minimum Gasteiger partial charge on any atom is -0.478 e. The fourth-order valence-electron chi connectivity index (χ4n) is 3.80. The van der Waals surface area contributed by atoms with Gasteiger partial charge in [-0.15, -0.1) is 0 Å². The molecule has 3 aromatic rings. The number of rotatable bonds is 14. The van der Waals surface area contributed by atoms with Crippen LogP contribution in [0.15, 0.2) is 84.4 Å². The second-order valence-electron chi connectivity index (χ2n) is 8.29. The Morgan fingerprint density at radius 2 is 1.67 bits per heavy atom. The van der Waals surface area contributed by atoms with Crippen molar-refractivity contribution in [2.75, 3.05) is 13.1 Å². The van der Waals surface area contributed by atoms with Crippen LogP contribution in [0.4, 0.5) is 0 Å². The van der Waals surface area contributed by atoms with Gasteiger partial charge in [-0.3, -0.25) is 9.78 Å². The zero-order chi connectivity index (χ0) is 25.6. The maximum Gasteiger partial charge on any atom is 0.335 e. The Labute approximate surface area is 211 Å². The number of aromatic nitrogens is 1. The largest absolute Gasteiger partial charge is 0.478 e. The van der Waals surface area contributed by atoms with Crippen LogP contribution in [0.2, 0.25) is 0 Å². The number of unbranched alkanes of at least 4 members (excludes halogenated alkanes) is 4. The van der Waals surface area contributed by atoms with Gasteiger partial charge in [-0.25, -0.2) is 10.3 Å². The minimum absolute atomic E-state index is 0.161. The first-order valence-electron chi connectivity index (χ1n) is 12.0. The maximum absolute atomic E-state index is 12.8. The van der Waals surface area contributed by atoms with Crippen LogP contribution >= 0.6 is 0 Å². The van der Waals surface area contributed by atoms with Gasteiger partial charge in [0.2, 0.25) is 0 Å². The lowest BCUT2D eigenvalue weighted by atomic mass is 9.97. The van der Waals surface area contributed by atoms with Crippen molar-refractivity contribution in [3.05, 3.63) is 95.9 Å². The lowest BCUT2D eigenvalue weighted by Gasteiger charge is -2.11. The molecule has 0 fully saturated rings. The molecule has 8 nitrogen and oxygen atoms in total. The van der Waals surface area contributed by atoms with E-state index in [1.54, 1.807) is 42.9 Å². The normalized spacial score (nSPS) is 11.1. The number of carboxylic acids is 1. The van der Waals surface area contributed by atoms with Gasteiger partial charge in [0.15, 0.2) is 0 Å². The molecule has 0 aliphatic heterocycles. The first-order valence-corrected chi connectivity index (χ1v) is 12.0. The molecule has 1 heterocycles. The van der Waals surface area contributed by atoms with Crippen molar-refractivity contribution < 1.29 is 14.7 Å². The Morgan fingerprint density at radius 1 is 0.917 bits per heavy atom. The molecular weight excluding hydrogens is 454 g/mol. The third-order valence-electron chi connectivity index (χ3n) is 5.69. The molecule has 36 heavy (non-hydrogen) atoms. The van der Waals surface area contributed by atoms with Crippen molar-refractivity contribution in [3.63, 3.8) is 0 Å². The Bertz CT molecular complexity index is 1190. The number of aromatic carboxylic acids is 1. The van der Waals surface area contributed by atoms with Crippen molar-refractivity contribution in [1.82, 2.24) is 15.6 Å². The number of carbonyl (C=O) groups is 2. The number of carboxylic acid groups (broad SMARTS) is 1.